The van der Waals surface area contributed by atoms with Gasteiger partial charge in [0.25, 0.3) is 0 Å². The minimum atomic E-state index is -1.57. The van der Waals surface area contributed by atoms with Crippen molar-refractivity contribution in [3.05, 3.63) is 0 Å². The second-order valence-electron chi connectivity index (χ2n) is 5.50. The van der Waals surface area contributed by atoms with E-state index in [1.807, 2.05) is 0 Å². The van der Waals surface area contributed by atoms with Crippen LogP contribution in [0.1, 0.15) is 13.8 Å². The molecule has 2 rings (SSSR count). The zero-order valence-corrected chi connectivity index (χ0v) is 11.7. The normalized spacial score (nSPS) is 55.4. The summed E-state index contributed by atoms with van der Waals surface area (Å²) in [5, 5.41) is 58.0. The molecule has 9 nitrogen and oxygen atoms in total. The molecule has 6 N–H and O–H groups in total. The molecular formula is C12H22O9. The molecule has 2 saturated heterocycles. The molecule has 2 aliphatic heterocycles. The van der Waals surface area contributed by atoms with Crippen molar-refractivity contribution in [2.75, 3.05) is 0 Å². The van der Waals surface area contributed by atoms with Gasteiger partial charge in [-0.3, -0.25) is 0 Å². The number of rotatable bonds is 2. The van der Waals surface area contributed by atoms with E-state index in [1.165, 1.54) is 13.8 Å². The quantitative estimate of drug-likeness (QED) is 0.308. The molecule has 2 fully saturated rings. The van der Waals surface area contributed by atoms with Crippen LogP contribution in [-0.4, -0.2) is 92.1 Å². The van der Waals surface area contributed by atoms with Crippen LogP contribution in [-0.2, 0) is 14.2 Å². The summed E-state index contributed by atoms with van der Waals surface area (Å²) in [5.74, 6) is 0. The highest BCUT2D eigenvalue weighted by atomic mass is 16.7. The zero-order chi connectivity index (χ0) is 15.9. The van der Waals surface area contributed by atoms with Crippen molar-refractivity contribution < 1.29 is 44.8 Å². The molecule has 0 bridgehead atoms. The molecule has 0 unspecified atom stereocenters. The van der Waals surface area contributed by atoms with Crippen LogP contribution in [0.4, 0.5) is 0 Å². The molecule has 0 aromatic rings. The first-order valence-corrected chi connectivity index (χ1v) is 6.78. The molecule has 2 heterocycles. The zero-order valence-electron chi connectivity index (χ0n) is 11.7. The Morgan fingerprint density at radius 2 is 1.29 bits per heavy atom. The van der Waals surface area contributed by atoms with Crippen molar-refractivity contribution in [2.24, 2.45) is 0 Å². The van der Waals surface area contributed by atoms with E-state index in [4.69, 9.17) is 14.2 Å². The lowest BCUT2D eigenvalue weighted by molar-refractivity contribution is -0.348. The highest BCUT2D eigenvalue weighted by Crippen LogP contribution is 2.28. The van der Waals surface area contributed by atoms with Crippen molar-refractivity contribution in [2.45, 2.75) is 75.3 Å². The SMILES string of the molecule is C[C@H]1O[C@H](O[C@@H]2[C@H](O)[C@@H](O)[C@@H](O)O[C@@H]2C)[C@H](O)[C@@H](O)[C@@H]1O. The van der Waals surface area contributed by atoms with Crippen LogP contribution in [0.15, 0.2) is 0 Å². The Kier molecular flexibility index (Phi) is 5.19. The Morgan fingerprint density at radius 3 is 1.90 bits per heavy atom. The summed E-state index contributed by atoms with van der Waals surface area (Å²) in [6.45, 7) is 3.00. The Morgan fingerprint density at radius 1 is 0.667 bits per heavy atom. The van der Waals surface area contributed by atoms with Gasteiger partial charge in [-0.15, -0.1) is 0 Å². The van der Waals surface area contributed by atoms with Crippen LogP contribution >= 0.6 is 0 Å². The van der Waals surface area contributed by atoms with Crippen molar-refractivity contribution in [3.63, 3.8) is 0 Å². The second-order valence-corrected chi connectivity index (χ2v) is 5.50. The molecule has 21 heavy (non-hydrogen) atoms. The fraction of sp³-hybridized carbons (Fsp3) is 1.00. The number of aliphatic hydroxyl groups is 6. The van der Waals surface area contributed by atoms with E-state index in [1.54, 1.807) is 0 Å². The van der Waals surface area contributed by atoms with Gasteiger partial charge in [-0.1, -0.05) is 0 Å². The molecule has 9 heteroatoms. The molecule has 0 radical (unpaired) electrons. The van der Waals surface area contributed by atoms with Gasteiger partial charge in [0.2, 0.25) is 0 Å². The van der Waals surface area contributed by atoms with Crippen molar-refractivity contribution >= 4 is 0 Å². The molecule has 10 atom stereocenters. The lowest BCUT2D eigenvalue weighted by atomic mass is 9.98. The van der Waals surface area contributed by atoms with Crippen LogP contribution in [0.5, 0.6) is 0 Å². The largest absolute Gasteiger partial charge is 0.388 e. The van der Waals surface area contributed by atoms with Gasteiger partial charge in [0.05, 0.1) is 12.2 Å². The van der Waals surface area contributed by atoms with E-state index < -0.39 is 61.4 Å². The van der Waals surface area contributed by atoms with Crippen LogP contribution in [0.2, 0.25) is 0 Å². The summed E-state index contributed by atoms with van der Waals surface area (Å²) < 4.78 is 15.6. The third-order valence-electron chi connectivity index (χ3n) is 3.90. The molecule has 124 valence electrons. The van der Waals surface area contributed by atoms with Crippen molar-refractivity contribution in [1.29, 1.82) is 0 Å². The van der Waals surface area contributed by atoms with Gasteiger partial charge >= 0.3 is 0 Å². The maximum absolute atomic E-state index is 9.91. The predicted octanol–water partition coefficient (Wildman–Crippen LogP) is -3.34. The minimum absolute atomic E-state index is 0.784. The van der Waals surface area contributed by atoms with E-state index in [9.17, 15) is 30.6 Å². The molecule has 0 aromatic carbocycles. The molecule has 0 amide bonds. The summed E-state index contributed by atoms with van der Waals surface area (Å²) in [4.78, 5) is 0. The topological polar surface area (TPSA) is 149 Å². The number of hydrogen-bond donors (Lipinski definition) is 6. The molecule has 0 aromatic heterocycles. The van der Waals surface area contributed by atoms with E-state index in [-0.39, 0.29) is 0 Å². The highest BCUT2D eigenvalue weighted by molar-refractivity contribution is 4.91. The molecule has 0 aliphatic carbocycles. The predicted molar refractivity (Wildman–Crippen MR) is 65.8 cm³/mol. The molecule has 0 saturated carbocycles. The summed E-state index contributed by atoms with van der Waals surface area (Å²) in [6.07, 6.45) is -12.8. The first-order valence-electron chi connectivity index (χ1n) is 6.78. The van der Waals surface area contributed by atoms with E-state index in [0.717, 1.165) is 0 Å². The summed E-state index contributed by atoms with van der Waals surface area (Å²) in [6, 6.07) is 0. The average molecular weight is 310 g/mol. The number of aliphatic hydroxyl groups excluding tert-OH is 6. The fourth-order valence-corrected chi connectivity index (χ4v) is 2.49. The van der Waals surface area contributed by atoms with E-state index in [2.05, 4.69) is 0 Å². The van der Waals surface area contributed by atoms with Crippen LogP contribution in [0.3, 0.4) is 0 Å². The third kappa shape index (κ3) is 3.21. The smallest absolute Gasteiger partial charge is 0.187 e. The van der Waals surface area contributed by atoms with Gasteiger partial charge in [-0.2, -0.15) is 0 Å². The number of hydrogen-bond acceptors (Lipinski definition) is 9. The van der Waals surface area contributed by atoms with Crippen molar-refractivity contribution in [1.82, 2.24) is 0 Å². The number of ether oxygens (including phenoxy) is 3. The first kappa shape index (κ1) is 17.0. The first-order chi connectivity index (χ1) is 9.73. The van der Waals surface area contributed by atoms with Gasteiger partial charge in [0.1, 0.15) is 36.6 Å². The molecule has 2 aliphatic rings. The van der Waals surface area contributed by atoms with Gasteiger partial charge in [-0.25, -0.2) is 0 Å². The lowest BCUT2D eigenvalue weighted by Gasteiger charge is -2.44. The average Bonchev–Trinajstić information content (AvgIpc) is 2.44. The van der Waals surface area contributed by atoms with E-state index >= 15 is 0 Å². The summed E-state index contributed by atoms with van der Waals surface area (Å²) >= 11 is 0. The standard InChI is InChI=1S/C12H22O9/c1-3-5(13)6(14)9(17)12(20-3)21-10-4(2)19-11(18)8(16)7(10)15/h3-18H,1-2H3/t3-,4-,5-,6+,7-,8-,9-,10+,11+,12-/m1/s1. The van der Waals surface area contributed by atoms with Gasteiger partial charge in [-0.05, 0) is 13.8 Å². The Bertz CT molecular complexity index is 354. The summed E-state index contributed by atoms with van der Waals surface area (Å²) in [5.41, 5.74) is 0. The van der Waals surface area contributed by atoms with Crippen LogP contribution in [0.25, 0.3) is 0 Å². The Labute approximate surface area is 121 Å². The second kappa shape index (κ2) is 6.41. The molecular weight excluding hydrogens is 288 g/mol. The van der Waals surface area contributed by atoms with E-state index in [0.29, 0.717) is 0 Å². The highest BCUT2D eigenvalue weighted by Gasteiger charge is 2.48. The van der Waals surface area contributed by atoms with Gasteiger partial charge in [0.15, 0.2) is 12.6 Å². The maximum atomic E-state index is 9.91. The maximum Gasteiger partial charge on any atom is 0.187 e. The van der Waals surface area contributed by atoms with Crippen molar-refractivity contribution in [3.8, 4) is 0 Å². The van der Waals surface area contributed by atoms with Crippen LogP contribution < -0.4 is 0 Å². The van der Waals surface area contributed by atoms with Crippen LogP contribution in [0, 0.1) is 0 Å². The monoisotopic (exact) mass is 310 g/mol. The minimum Gasteiger partial charge on any atom is -0.388 e. The fourth-order valence-electron chi connectivity index (χ4n) is 2.49. The lowest BCUT2D eigenvalue weighted by Crippen LogP contribution is -2.62. The van der Waals surface area contributed by atoms with Gasteiger partial charge in [0, 0.05) is 0 Å². The summed E-state index contributed by atoms with van der Waals surface area (Å²) in [7, 11) is 0. The molecule has 0 spiro atoms. The Balaban J connectivity index is 2.06. The van der Waals surface area contributed by atoms with Gasteiger partial charge < -0.3 is 44.8 Å². The third-order valence-corrected chi connectivity index (χ3v) is 3.90. The Hall–Kier alpha value is -0.360.